The van der Waals surface area contributed by atoms with Gasteiger partial charge in [-0.3, -0.25) is 24.6 Å². The van der Waals surface area contributed by atoms with Gasteiger partial charge in [0.2, 0.25) is 11.8 Å². The van der Waals surface area contributed by atoms with E-state index in [9.17, 15) is 19.7 Å². The van der Waals surface area contributed by atoms with Gasteiger partial charge in [0.1, 0.15) is 0 Å². The summed E-state index contributed by atoms with van der Waals surface area (Å²) >= 11 is 0. The van der Waals surface area contributed by atoms with Crippen LogP contribution in [0.15, 0.2) is 24.3 Å². The highest BCUT2D eigenvalue weighted by atomic mass is 16.6. The van der Waals surface area contributed by atoms with Gasteiger partial charge in [0, 0.05) is 31.5 Å². The number of aryl methyl sites for hydroxylation is 1. The van der Waals surface area contributed by atoms with Gasteiger partial charge in [0.15, 0.2) is 0 Å². The van der Waals surface area contributed by atoms with Crippen LogP contribution in [0.5, 0.6) is 0 Å². The van der Waals surface area contributed by atoms with Crippen molar-refractivity contribution in [2.45, 2.75) is 32.1 Å². The molecule has 1 aromatic carbocycles. The SMILES string of the molecule is O=C1CCC(=O)N1CCCCc1ccc([N+](=O)[O-])cc1. The summed E-state index contributed by atoms with van der Waals surface area (Å²) in [4.78, 5) is 34.2. The van der Waals surface area contributed by atoms with E-state index in [1.54, 1.807) is 12.1 Å². The molecule has 0 aromatic heterocycles. The number of imide groups is 1. The Morgan fingerprint density at radius 3 is 2.20 bits per heavy atom. The van der Waals surface area contributed by atoms with Crippen LogP contribution in [0.25, 0.3) is 0 Å². The molecule has 1 saturated heterocycles. The summed E-state index contributed by atoms with van der Waals surface area (Å²) in [5, 5.41) is 10.5. The number of non-ortho nitro benzene ring substituents is 1. The summed E-state index contributed by atoms with van der Waals surface area (Å²) in [5.41, 5.74) is 1.11. The molecule has 2 amide bonds. The average molecular weight is 276 g/mol. The normalized spacial score (nSPS) is 14.9. The number of nitrogens with zero attached hydrogens (tertiary/aromatic N) is 2. The minimum atomic E-state index is -0.422. The van der Waals surface area contributed by atoms with Crippen LogP contribution in [0.4, 0.5) is 5.69 Å². The maximum Gasteiger partial charge on any atom is 0.269 e. The fraction of sp³-hybridized carbons (Fsp3) is 0.429. The molecule has 6 nitrogen and oxygen atoms in total. The van der Waals surface area contributed by atoms with Crippen LogP contribution in [0.2, 0.25) is 0 Å². The number of unbranched alkanes of at least 4 members (excludes halogenated alkanes) is 1. The molecule has 20 heavy (non-hydrogen) atoms. The van der Waals surface area contributed by atoms with Gasteiger partial charge in [0.25, 0.3) is 5.69 Å². The average Bonchev–Trinajstić information content (AvgIpc) is 2.75. The molecule has 0 spiro atoms. The summed E-state index contributed by atoms with van der Waals surface area (Å²) in [5.74, 6) is -0.157. The lowest BCUT2D eigenvalue weighted by Gasteiger charge is -2.13. The summed E-state index contributed by atoms with van der Waals surface area (Å²) < 4.78 is 0. The predicted octanol–water partition coefficient (Wildman–Crippen LogP) is 2.07. The molecule has 0 bridgehead atoms. The number of carbonyl (C=O) groups excluding carboxylic acids is 2. The van der Waals surface area contributed by atoms with Gasteiger partial charge in [-0.2, -0.15) is 0 Å². The second kappa shape index (κ2) is 6.27. The Bertz CT molecular complexity index is 508. The molecule has 1 fully saturated rings. The van der Waals surface area contributed by atoms with Crippen molar-refractivity contribution in [1.29, 1.82) is 0 Å². The second-order valence-electron chi connectivity index (χ2n) is 4.82. The zero-order valence-corrected chi connectivity index (χ0v) is 11.1. The van der Waals surface area contributed by atoms with Crippen molar-refractivity contribution < 1.29 is 14.5 Å². The molecule has 1 aliphatic rings. The Morgan fingerprint density at radius 1 is 1.05 bits per heavy atom. The summed E-state index contributed by atoms with van der Waals surface area (Å²) in [6, 6.07) is 6.46. The summed E-state index contributed by atoms with van der Waals surface area (Å²) in [6.07, 6.45) is 3.06. The molecule has 0 atom stereocenters. The molecule has 1 heterocycles. The van der Waals surface area contributed by atoms with Gasteiger partial charge in [-0.1, -0.05) is 12.1 Å². The van der Waals surface area contributed by atoms with E-state index in [-0.39, 0.29) is 17.5 Å². The molecule has 1 aliphatic heterocycles. The van der Waals surface area contributed by atoms with Crippen molar-refractivity contribution in [2.75, 3.05) is 6.54 Å². The first kappa shape index (κ1) is 14.2. The number of carbonyl (C=O) groups is 2. The summed E-state index contributed by atoms with van der Waals surface area (Å²) in [6.45, 7) is 0.477. The van der Waals surface area contributed by atoms with E-state index in [4.69, 9.17) is 0 Å². The standard InChI is InChI=1S/C14H16N2O4/c17-13-8-9-14(18)15(13)10-2-1-3-11-4-6-12(7-5-11)16(19)20/h4-7H,1-3,8-10H2. The minimum Gasteiger partial charge on any atom is -0.283 e. The highest BCUT2D eigenvalue weighted by molar-refractivity contribution is 6.01. The Labute approximate surface area is 116 Å². The molecular formula is C14H16N2O4. The first-order valence-electron chi connectivity index (χ1n) is 6.64. The minimum absolute atomic E-state index is 0.0784. The number of amides is 2. The number of nitro benzene ring substituents is 1. The highest BCUT2D eigenvalue weighted by Gasteiger charge is 2.27. The lowest BCUT2D eigenvalue weighted by atomic mass is 10.1. The third-order valence-electron chi connectivity index (χ3n) is 3.40. The Balaban J connectivity index is 1.74. The molecule has 2 rings (SSSR count). The first-order valence-corrected chi connectivity index (χ1v) is 6.64. The highest BCUT2D eigenvalue weighted by Crippen LogP contribution is 2.15. The van der Waals surface area contributed by atoms with Gasteiger partial charge in [-0.25, -0.2) is 0 Å². The molecule has 0 saturated carbocycles. The molecule has 0 aliphatic carbocycles. The second-order valence-corrected chi connectivity index (χ2v) is 4.82. The van der Waals surface area contributed by atoms with Crippen LogP contribution in [0.1, 0.15) is 31.2 Å². The monoisotopic (exact) mass is 276 g/mol. The number of hydrogen-bond donors (Lipinski definition) is 0. The molecule has 6 heteroatoms. The Hall–Kier alpha value is -2.24. The van der Waals surface area contributed by atoms with Crippen LogP contribution in [0.3, 0.4) is 0 Å². The maximum atomic E-state index is 11.4. The van der Waals surface area contributed by atoms with E-state index in [1.807, 2.05) is 0 Å². The molecule has 0 unspecified atom stereocenters. The summed E-state index contributed by atoms with van der Waals surface area (Å²) in [7, 11) is 0. The third-order valence-corrected chi connectivity index (χ3v) is 3.40. The molecular weight excluding hydrogens is 260 g/mol. The van der Waals surface area contributed by atoms with E-state index in [0.29, 0.717) is 19.4 Å². The van der Waals surface area contributed by atoms with Crippen molar-refractivity contribution in [3.63, 3.8) is 0 Å². The van der Waals surface area contributed by atoms with Crippen molar-refractivity contribution >= 4 is 17.5 Å². The van der Waals surface area contributed by atoms with E-state index in [0.717, 1.165) is 24.8 Å². The van der Waals surface area contributed by atoms with Crippen molar-refractivity contribution in [3.8, 4) is 0 Å². The van der Waals surface area contributed by atoms with E-state index in [1.165, 1.54) is 17.0 Å². The molecule has 0 radical (unpaired) electrons. The van der Waals surface area contributed by atoms with Crippen molar-refractivity contribution in [3.05, 3.63) is 39.9 Å². The Morgan fingerprint density at radius 2 is 1.65 bits per heavy atom. The van der Waals surface area contributed by atoms with Gasteiger partial charge < -0.3 is 0 Å². The third kappa shape index (κ3) is 3.40. The largest absolute Gasteiger partial charge is 0.283 e. The van der Waals surface area contributed by atoms with Crippen LogP contribution >= 0.6 is 0 Å². The molecule has 1 aromatic rings. The fourth-order valence-corrected chi connectivity index (χ4v) is 2.26. The van der Waals surface area contributed by atoms with E-state index >= 15 is 0 Å². The van der Waals surface area contributed by atoms with Crippen molar-refractivity contribution in [2.24, 2.45) is 0 Å². The zero-order chi connectivity index (χ0) is 14.5. The van der Waals surface area contributed by atoms with Crippen LogP contribution < -0.4 is 0 Å². The van der Waals surface area contributed by atoms with Gasteiger partial charge in [-0.05, 0) is 24.8 Å². The number of likely N-dealkylation sites (tertiary alicyclic amines) is 1. The Kier molecular flexibility index (Phi) is 4.45. The molecule has 0 N–H and O–H groups in total. The van der Waals surface area contributed by atoms with Gasteiger partial charge in [0.05, 0.1) is 4.92 Å². The van der Waals surface area contributed by atoms with Crippen LogP contribution in [-0.4, -0.2) is 28.2 Å². The van der Waals surface area contributed by atoms with Crippen LogP contribution in [0, 0.1) is 10.1 Å². The number of hydrogen-bond acceptors (Lipinski definition) is 4. The maximum absolute atomic E-state index is 11.4. The fourth-order valence-electron chi connectivity index (χ4n) is 2.26. The van der Waals surface area contributed by atoms with Gasteiger partial charge in [-0.15, -0.1) is 0 Å². The van der Waals surface area contributed by atoms with Crippen molar-refractivity contribution in [1.82, 2.24) is 4.90 Å². The van der Waals surface area contributed by atoms with Crippen LogP contribution in [-0.2, 0) is 16.0 Å². The number of benzene rings is 1. The lowest BCUT2D eigenvalue weighted by Crippen LogP contribution is -2.29. The van der Waals surface area contributed by atoms with Gasteiger partial charge >= 0.3 is 0 Å². The lowest BCUT2D eigenvalue weighted by molar-refractivity contribution is -0.384. The quantitative estimate of drug-likeness (QED) is 0.345. The predicted molar refractivity (Wildman–Crippen MR) is 72.0 cm³/mol. The topological polar surface area (TPSA) is 80.5 Å². The smallest absolute Gasteiger partial charge is 0.269 e. The first-order chi connectivity index (χ1) is 9.58. The number of nitro groups is 1. The number of rotatable bonds is 6. The van der Waals surface area contributed by atoms with E-state index in [2.05, 4.69) is 0 Å². The van der Waals surface area contributed by atoms with E-state index < -0.39 is 4.92 Å². The zero-order valence-electron chi connectivity index (χ0n) is 11.1. The molecule has 106 valence electrons.